The zero-order valence-corrected chi connectivity index (χ0v) is 9.39. The Hall–Kier alpha value is -0.800. The van der Waals surface area contributed by atoms with Crippen LogP contribution in [0, 0.1) is 0 Å². The first-order chi connectivity index (χ1) is 6.90. The minimum absolute atomic E-state index is 0.863. The Morgan fingerprint density at radius 2 is 2.00 bits per heavy atom. The molecule has 1 heterocycles. The van der Waals surface area contributed by atoms with Gasteiger partial charge in [-0.1, -0.05) is 30.3 Å². The molecule has 3 heteroatoms. The Bertz CT molecular complexity index is 395. The fourth-order valence-corrected chi connectivity index (χ4v) is 2.43. The van der Waals surface area contributed by atoms with Crippen LogP contribution >= 0.6 is 24.0 Å². The molecule has 1 nitrogen and oxygen atoms in total. The first-order valence-electron chi connectivity index (χ1n) is 4.51. The zero-order valence-electron chi connectivity index (χ0n) is 7.68. The maximum Gasteiger partial charge on any atom is 0.0940 e. The Morgan fingerprint density at radius 3 is 2.71 bits per heavy atom. The molecular formula is C11H11NS2. The Balaban J connectivity index is 2.25. The molecule has 0 aliphatic carbocycles. The largest absolute Gasteiger partial charge is 0.241 e. The molecule has 0 fully saturated rings. The summed E-state index contributed by atoms with van der Waals surface area (Å²) < 4.78 is 0. The third kappa shape index (κ3) is 2.16. The SMILES string of the molecule is SCCc1nc(-c2ccccc2)cs1. The lowest BCUT2D eigenvalue weighted by molar-refractivity contribution is 1.11. The van der Waals surface area contributed by atoms with Gasteiger partial charge in [-0.25, -0.2) is 4.98 Å². The van der Waals surface area contributed by atoms with E-state index in [-0.39, 0.29) is 0 Å². The van der Waals surface area contributed by atoms with E-state index in [1.54, 1.807) is 11.3 Å². The van der Waals surface area contributed by atoms with Crippen LogP contribution in [0.25, 0.3) is 11.3 Å². The molecule has 1 aromatic carbocycles. The van der Waals surface area contributed by atoms with Crippen LogP contribution in [0.4, 0.5) is 0 Å². The van der Waals surface area contributed by atoms with Crippen LogP contribution in [-0.2, 0) is 6.42 Å². The van der Waals surface area contributed by atoms with Crippen LogP contribution in [0.2, 0.25) is 0 Å². The summed E-state index contributed by atoms with van der Waals surface area (Å²) in [6.07, 6.45) is 0.959. The van der Waals surface area contributed by atoms with E-state index in [0.717, 1.165) is 17.9 Å². The molecule has 0 aliphatic rings. The molecule has 0 radical (unpaired) electrons. The molecule has 0 saturated carbocycles. The molecule has 0 spiro atoms. The normalized spacial score (nSPS) is 10.4. The molecule has 0 unspecified atom stereocenters. The summed E-state index contributed by atoms with van der Waals surface area (Å²) in [6, 6.07) is 10.3. The molecule has 0 N–H and O–H groups in total. The topological polar surface area (TPSA) is 12.9 Å². The second-order valence-electron chi connectivity index (χ2n) is 2.97. The van der Waals surface area contributed by atoms with Crippen molar-refractivity contribution in [2.24, 2.45) is 0 Å². The smallest absolute Gasteiger partial charge is 0.0940 e. The van der Waals surface area contributed by atoms with Crippen molar-refractivity contribution in [3.63, 3.8) is 0 Å². The summed E-state index contributed by atoms with van der Waals surface area (Å²) in [4.78, 5) is 4.54. The summed E-state index contributed by atoms with van der Waals surface area (Å²) >= 11 is 5.90. The van der Waals surface area contributed by atoms with Gasteiger partial charge in [-0.2, -0.15) is 12.6 Å². The number of thiol groups is 1. The van der Waals surface area contributed by atoms with E-state index in [1.807, 2.05) is 18.2 Å². The molecule has 2 aromatic rings. The van der Waals surface area contributed by atoms with Crippen LogP contribution in [0.5, 0.6) is 0 Å². The van der Waals surface area contributed by atoms with Crippen molar-refractivity contribution in [2.75, 3.05) is 5.75 Å². The highest BCUT2D eigenvalue weighted by Crippen LogP contribution is 2.21. The fraction of sp³-hybridized carbons (Fsp3) is 0.182. The lowest BCUT2D eigenvalue weighted by Gasteiger charge is -1.93. The van der Waals surface area contributed by atoms with Crippen molar-refractivity contribution in [1.29, 1.82) is 0 Å². The van der Waals surface area contributed by atoms with Gasteiger partial charge >= 0.3 is 0 Å². The van der Waals surface area contributed by atoms with Crippen LogP contribution < -0.4 is 0 Å². The van der Waals surface area contributed by atoms with Crippen LogP contribution in [0.1, 0.15) is 5.01 Å². The maximum absolute atomic E-state index is 4.54. The fourth-order valence-electron chi connectivity index (χ4n) is 1.26. The highest BCUT2D eigenvalue weighted by molar-refractivity contribution is 7.80. The van der Waals surface area contributed by atoms with Gasteiger partial charge in [0.25, 0.3) is 0 Å². The highest BCUT2D eigenvalue weighted by Gasteiger charge is 2.02. The first-order valence-corrected chi connectivity index (χ1v) is 6.02. The van der Waals surface area contributed by atoms with Gasteiger partial charge in [0, 0.05) is 17.4 Å². The molecule has 14 heavy (non-hydrogen) atoms. The van der Waals surface area contributed by atoms with E-state index in [1.165, 1.54) is 10.6 Å². The Kier molecular flexibility index (Phi) is 3.22. The van der Waals surface area contributed by atoms with E-state index >= 15 is 0 Å². The second-order valence-corrected chi connectivity index (χ2v) is 4.36. The molecule has 0 saturated heterocycles. The summed E-state index contributed by atoms with van der Waals surface area (Å²) in [6.45, 7) is 0. The van der Waals surface area contributed by atoms with Gasteiger partial charge in [0.1, 0.15) is 0 Å². The number of thiazole rings is 1. The monoisotopic (exact) mass is 221 g/mol. The highest BCUT2D eigenvalue weighted by atomic mass is 32.1. The van der Waals surface area contributed by atoms with Crippen LogP contribution in [0.15, 0.2) is 35.7 Å². The molecule has 0 amide bonds. The van der Waals surface area contributed by atoms with Gasteiger partial charge < -0.3 is 0 Å². The van der Waals surface area contributed by atoms with Gasteiger partial charge in [0.2, 0.25) is 0 Å². The summed E-state index contributed by atoms with van der Waals surface area (Å²) in [5, 5.41) is 3.27. The van der Waals surface area contributed by atoms with Crippen molar-refractivity contribution in [2.45, 2.75) is 6.42 Å². The Labute approximate surface area is 93.2 Å². The summed E-state index contributed by atoms with van der Waals surface area (Å²) in [5.74, 6) is 0.863. The van der Waals surface area contributed by atoms with Crippen LogP contribution in [-0.4, -0.2) is 10.7 Å². The molecular weight excluding hydrogens is 210 g/mol. The minimum atomic E-state index is 0.863. The number of benzene rings is 1. The van der Waals surface area contributed by atoms with Crippen molar-refractivity contribution in [3.8, 4) is 11.3 Å². The number of aryl methyl sites for hydroxylation is 1. The summed E-state index contributed by atoms with van der Waals surface area (Å²) in [5.41, 5.74) is 2.27. The lowest BCUT2D eigenvalue weighted by atomic mass is 10.2. The third-order valence-corrected chi connectivity index (χ3v) is 3.08. The van der Waals surface area contributed by atoms with Gasteiger partial charge in [-0.05, 0) is 5.75 Å². The number of nitrogens with zero attached hydrogens (tertiary/aromatic N) is 1. The molecule has 0 atom stereocenters. The summed E-state index contributed by atoms with van der Waals surface area (Å²) in [7, 11) is 0. The predicted molar refractivity (Wildman–Crippen MR) is 65.1 cm³/mol. The number of rotatable bonds is 3. The third-order valence-electron chi connectivity index (χ3n) is 1.95. The van der Waals surface area contributed by atoms with Crippen molar-refractivity contribution < 1.29 is 0 Å². The van der Waals surface area contributed by atoms with Gasteiger partial charge in [-0.3, -0.25) is 0 Å². The van der Waals surface area contributed by atoms with Crippen molar-refractivity contribution >= 4 is 24.0 Å². The number of hydrogen-bond acceptors (Lipinski definition) is 3. The van der Waals surface area contributed by atoms with Gasteiger partial charge in [-0.15, -0.1) is 11.3 Å². The molecule has 0 bridgehead atoms. The van der Waals surface area contributed by atoms with E-state index in [0.29, 0.717) is 0 Å². The zero-order chi connectivity index (χ0) is 9.80. The molecule has 72 valence electrons. The number of aromatic nitrogens is 1. The molecule has 2 rings (SSSR count). The lowest BCUT2D eigenvalue weighted by Crippen LogP contribution is -1.84. The van der Waals surface area contributed by atoms with E-state index in [4.69, 9.17) is 0 Å². The molecule has 1 aromatic heterocycles. The average Bonchev–Trinajstić information content (AvgIpc) is 2.68. The van der Waals surface area contributed by atoms with E-state index < -0.39 is 0 Å². The van der Waals surface area contributed by atoms with Crippen molar-refractivity contribution in [1.82, 2.24) is 4.98 Å². The first kappa shape index (κ1) is 9.74. The number of hydrogen-bond donors (Lipinski definition) is 1. The van der Waals surface area contributed by atoms with E-state index in [9.17, 15) is 0 Å². The standard InChI is InChI=1S/C11H11NS2/c13-7-6-11-12-10(8-14-11)9-4-2-1-3-5-9/h1-5,8,13H,6-7H2. The van der Waals surface area contributed by atoms with E-state index in [2.05, 4.69) is 35.1 Å². The predicted octanol–water partition coefficient (Wildman–Crippen LogP) is 3.28. The second kappa shape index (κ2) is 4.62. The van der Waals surface area contributed by atoms with Gasteiger partial charge in [0.05, 0.1) is 10.7 Å². The van der Waals surface area contributed by atoms with Gasteiger partial charge in [0.15, 0.2) is 0 Å². The average molecular weight is 221 g/mol. The maximum atomic E-state index is 4.54. The quantitative estimate of drug-likeness (QED) is 0.785. The minimum Gasteiger partial charge on any atom is -0.241 e. The van der Waals surface area contributed by atoms with Crippen LogP contribution in [0.3, 0.4) is 0 Å². The Morgan fingerprint density at radius 1 is 1.21 bits per heavy atom. The van der Waals surface area contributed by atoms with Crippen molar-refractivity contribution in [3.05, 3.63) is 40.7 Å². The molecule has 0 aliphatic heterocycles.